The maximum absolute atomic E-state index is 12.8. The first-order valence-corrected chi connectivity index (χ1v) is 11.6. The standard InChI is InChI=1S/C22H20N2O4S2/c1-28-20-10-6-5-9-17(20)14-23-30(26,27)18-11-12-19-21(13-18)29-22(25)24(19)15-16-7-3-2-4-8-16/h2-13,23H,14-15H2,1H3. The Kier molecular flexibility index (Phi) is 5.72. The lowest BCUT2D eigenvalue weighted by atomic mass is 10.2. The van der Waals surface area contributed by atoms with Crippen molar-refractivity contribution in [1.82, 2.24) is 9.29 Å². The number of hydrogen-bond donors (Lipinski definition) is 1. The summed E-state index contributed by atoms with van der Waals surface area (Å²) >= 11 is 1.04. The van der Waals surface area contributed by atoms with E-state index in [2.05, 4.69) is 4.72 Å². The minimum Gasteiger partial charge on any atom is -0.496 e. The molecule has 0 saturated heterocycles. The number of benzene rings is 3. The van der Waals surface area contributed by atoms with E-state index in [1.807, 2.05) is 42.5 Å². The van der Waals surface area contributed by atoms with Gasteiger partial charge >= 0.3 is 4.87 Å². The lowest BCUT2D eigenvalue weighted by Crippen LogP contribution is -2.23. The first kappa shape index (κ1) is 20.3. The van der Waals surface area contributed by atoms with Crippen molar-refractivity contribution < 1.29 is 13.2 Å². The molecule has 1 aromatic heterocycles. The summed E-state index contributed by atoms with van der Waals surface area (Å²) < 4.78 is 35.8. The van der Waals surface area contributed by atoms with Crippen molar-refractivity contribution in [3.63, 3.8) is 0 Å². The van der Waals surface area contributed by atoms with Crippen LogP contribution >= 0.6 is 11.3 Å². The van der Waals surface area contributed by atoms with Crippen molar-refractivity contribution >= 4 is 31.6 Å². The van der Waals surface area contributed by atoms with Gasteiger partial charge in [0.1, 0.15) is 5.75 Å². The van der Waals surface area contributed by atoms with Crippen molar-refractivity contribution in [1.29, 1.82) is 0 Å². The van der Waals surface area contributed by atoms with Crippen LogP contribution in [0.25, 0.3) is 10.2 Å². The Morgan fingerprint density at radius 3 is 2.50 bits per heavy atom. The molecule has 0 spiro atoms. The summed E-state index contributed by atoms with van der Waals surface area (Å²) in [5, 5.41) is 0. The minimum absolute atomic E-state index is 0.107. The van der Waals surface area contributed by atoms with Gasteiger partial charge in [-0.15, -0.1) is 0 Å². The van der Waals surface area contributed by atoms with Gasteiger partial charge in [0, 0.05) is 12.1 Å². The smallest absolute Gasteiger partial charge is 0.308 e. The summed E-state index contributed by atoms with van der Waals surface area (Å²) in [4.78, 5) is 12.5. The SMILES string of the molecule is COc1ccccc1CNS(=O)(=O)c1ccc2c(c1)sc(=O)n2Cc1ccccc1. The Hall–Kier alpha value is -2.94. The molecule has 0 amide bonds. The quantitative estimate of drug-likeness (QED) is 0.476. The van der Waals surface area contributed by atoms with Crippen molar-refractivity contribution in [3.8, 4) is 5.75 Å². The van der Waals surface area contributed by atoms with Crippen LogP contribution in [0.5, 0.6) is 5.75 Å². The van der Waals surface area contributed by atoms with Gasteiger partial charge in [-0.1, -0.05) is 59.9 Å². The summed E-state index contributed by atoms with van der Waals surface area (Å²) in [5.74, 6) is 0.617. The number of sulfonamides is 1. The van der Waals surface area contributed by atoms with Crippen LogP contribution in [0, 0.1) is 0 Å². The molecule has 4 rings (SSSR count). The third-order valence-corrected chi connectivity index (χ3v) is 7.12. The Bertz CT molecular complexity index is 1340. The summed E-state index contributed by atoms with van der Waals surface area (Å²) in [6, 6.07) is 21.7. The molecular weight excluding hydrogens is 420 g/mol. The predicted molar refractivity (Wildman–Crippen MR) is 119 cm³/mol. The van der Waals surface area contributed by atoms with Gasteiger partial charge < -0.3 is 4.74 Å². The number of aromatic nitrogens is 1. The van der Waals surface area contributed by atoms with E-state index in [0.717, 1.165) is 28.0 Å². The zero-order valence-electron chi connectivity index (χ0n) is 16.2. The van der Waals surface area contributed by atoms with E-state index in [9.17, 15) is 13.2 Å². The number of ether oxygens (including phenoxy) is 1. The lowest BCUT2D eigenvalue weighted by molar-refractivity contribution is 0.409. The van der Waals surface area contributed by atoms with E-state index in [1.165, 1.54) is 6.07 Å². The summed E-state index contributed by atoms with van der Waals surface area (Å²) in [5.41, 5.74) is 2.47. The second kappa shape index (κ2) is 8.43. The Morgan fingerprint density at radius 2 is 1.73 bits per heavy atom. The number of rotatable bonds is 7. The molecule has 3 aromatic carbocycles. The fraction of sp³-hybridized carbons (Fsp3) is 0.136. The van der Waals surface area contributed by atoms with Gasteiger partial charge in [-0.05, 0) is 29.8 Å². The van der Waals surface area contributed by atoms with Crippen LogP contribution < -0.4 is 14.3 Å². The van der Waals surface area contributed by atoms with Gasteiger partial charge in [0.05, 0.1) is 28.8 Å². The van der Waals surface area contributed by atoms with Crippen molar-refractivity contribution in [2.24, 2.45) is 0 Å². The van der Waals surface area contributed by atoms with Crippen LogP contribution in [-0.4, -0.2) is 20.1 Å². The lowest BCUT2D eigenvalue weighted by Gasteiger charge is -2.10. The summed E-state index contributed by atoms with van der Waals surface area (Å²) in [7, 11) is -2.20. The number of nitrogens with zero attached hydrogens (tertiary/aromatic N) is 1. The molecule has 6 nitrogen and oxygen atoms in total. The van der Waals surface area contributed by atoms with E-state index in [0.29, 0.717) is 17.0 Å². The second-order valence-corrected chi connectivity index (χ2v) is 9.47. The first-order valence-electron chi connectivity index (χ1n) is 9.27. The van der Waals surface area contributed by atoms with E-state index in [-0.39, 0.29) is 16.3 Å². The van der Waals surface area contributed by atoms with Crippen LogP contribution in [0.3, 0.4) is 0 Å². The number of nitrogens with one attached hydrogen (secondary N) is 1. The van der Waals surface area contributed by atoms with E-state index < -0.39 is 10.0 Å². The molecule has 0 aliphatic heterocycles. The maximum Gasteiger partial charge on any atom is 0.308 e. The van der Waals surface area contributed by atoms with Crippen molar-refractivity contribution in [3.05, 3.63) is 93.6 Å². The average molecular weight is 441 g/mol. The molecule has 8 heteroatoms. The first-order chi connectivity index (χ1) is 14.5. The van der Waals surface area contributed by atoms with Crippen LogP contribution in [0.4, 0.5) is 0 Å². The van der Waals surface area contributed by atoms with Gasteiger partial charge in [-0.3, -0.25) is 9.36 Å². The molecule has 0 atom stereocenters. The average Bonchev–Trinajstić information content (AvgIpc) is 3.07. The van der Waals surface area contributed by atoms with Gasteiger partial charge in [0.2, 0.25) is 10.0 Å². The molecule has 1 heterocycles. The molecule has 154 valence electrons. The molecule has 0 bridgehead atoms. The van der Waals surface area contributed by atoms with Crippen LogP contribution in [0.15, 0.2) is 82.5 Å². The van der Waals surface area contributed by atoms with Crippen LogP contribution in [0.1, 0.15) is 11.1 Å². The Labute approximate surface area is 178 Å². The number of methoxy groups -OCH3 is 1. The molecule has 0 radical (unpaired) electrons. The fourth-order valence-corrected chi connectivity index (χ4v) is 5.27. The van der Waals surface area contributed by atoms with Gasteiger partial charge in [-0.2, -0.15) is 0 Å². The Balaban J connectivity index is 1.61. The highest BCUT2D eigenvalue weighted by Gasteiger charge is 2.17. The monoisotopic (exact) mass is 440 g/mol. The molecular formula is C22H20N2O4S2. The van der Waals surface area contributed by atoms with Crippen molar-refractivity contribution in [2.75, 3.05) is 7.11 Å². The molecule has 4 aromatic rings. The Morgan fingerprint density at radius 1 is 1.00 bits per heavy atom. The van der Waals surface area contributed by atoms with Crippen LogP contribution in [0.2, 0.25) is 0 Å². The largest absolute Gasteiger partial charge is 0.496 e. The van der Waals surface area contributed by atoms with E-state index in [1.54, 1.807) is 35.9 Å². The molecule has 0 aliphatic carbocycles. The minimum atomic E-state index is -3.75. The zero-order valence-corrected chi connectivity index (χ0v) is 17.9. The summed E-state index contributed by atoms with van der Waals surface area (Å²) in [6.07, 6.45) is 0. The highest BCUT2D eigenvalue weighted by Crippen LogP contribution is 2.23. The van der Waals surface area contributed by atoms with Crippen molar-refractivity contribution in [2.45, 2.75) is 18.0 Å². The number of hydrogen-bond acceptors (Lipinski definition) is 5. The maximum atomic E-state index is 12.8. The normalized spacial score (nSPS) is 11.6. The third kappa shape index (κ3) is 4.16. The topological polar surface area (TPSA) is 77.4 Å². The van der Waals surface area contributed by atoms with E-state index in [4.69, 9.17) is 4.74 Å². The second-order valence-electron chi connectivity index (χ2n) is 6.71. The highest BCUT2D eigenvalue weighted by molar-refractivity contribution is 7.89. The molecule has 0 saturated carbocycles. The zero-order chi connectivity index (χ0) is 21.1. The highest BCUT2D eigenvalue weighted by atomic mass is 32.2. The fourth-order valence-electron chi connectivity index (χ4n) is 3.23. The number of fused-ring (bicyclic) bond motifs is 1. The molecule has 0 unspecified atom stereocenters. The number of para-hydroxylation sites is 1. The molecule has 30 heavy (non-hydrogen) atoms. The molecule has 1 N–H and O–H groups in total. The van der Waals surface area contributed by atoms with Gasteiger partial charge in [0.15, 0.2) is 0 Å². The van der Waals surface area contributed by atoms with Crippen LogP contribution in [-0.2, 0) is 23.1 Å². The van der Waals surface area contributed by atoms with Gasteiger partial charge in [0.25, 0.3) is 0 Å². The van der Waals surface area contributed by atoms with Gasteiger partial charge in [-0.25, -0.2) is 13.1 Å². The number of thiazole rings is 1. The third-order valence-electron chi connectivity index (χ3n) is 4.78. The predicted octanol–water partition coefficient (Wildman–Crippen LogP) is 3.60. The molecule has 0 fully saturated rings. The summed E-state index contributed by atoms with van der Waals surface area (Å²) in [6.45, 7) is 0.549. The van der Waals surface area contributed by atoms with E-state index >= 15 is 0 Å². The molecule has 0 aliphatic rings.